The topological polar surface area (TPSA) is 86.4 Å². The van der Waals surface area contributed by atoms with Crippen molar-refractivity contribution in [1.29, 1.82) is 0 Å². The van der Waals surface area contributed by atoms with E-state index in [1.54, 1.807) is 18.2 Å². The minimum atomic E-state index is -0.275. The highest BCUT2D eigenvalue weighted by Crippen LogP contribution is 2.28. The van der Waals surface area contributed by atoms with Crippen LogP contribution in [-0.4, -0.2) is 47.9 Å². The summed E-state index contributed by atoms with van der Waals surface area (Å²) in [6.45, 7) is 3.86. The number of aryl methyl sites for hydroxylation is 1. The number of nitrogens with one attached hydrogen (secondary N) is 3. The predicted octanol–water partition coefficient (Wildman–Crippen LogP) is 4.92. The smallest absolute Gasteiger partial charge is 0.267 e. The van der Waals surface area contributed by atoms with Crippen LogP contribution < -0.4 is 16.0 Å². The second kappa shape index (κ2) is 10.3. The number of para-hydroxylation sites is 1. The molecule has 9 heteroatoms. The molecule has 172 valence electrons. The van der Waals surface area contributed by atoms with Crippen molar-refractivity contribution in [1.82, 2.24) is 15.2 Å². The number of anilines is 3. The summed E-state index contributed by atoms with van der Waals surface area (Å²) in [4.78, 5) is 32.4. The van der Waals surface area contributed by atoms with Crippen LogP contribution in [0.1, 0.15) is 38.4 Å². The van der Waals surface area contributed by atoms with Gasteiger partial charge in [0.1, 0.15) is 4.88 Å². The maximum Gasteiger partial charge on any atom is 0.267 e. The van der Waals surface area contributed by atoms with E-state index in [4.69, 9.17) is 11.6 Å². The van der Waals surface area contributed by atoms with Gasteiger partial charge < -0.3 is 20.9 Å². The second-order valence-corrected chi connectivity index (χ2v) is 9.61. The molecule has 1 saturated heterocycles. The van der Waals surface area contributed by atoms with E-state index in [9.17, 15) is 9.59 Å². The molecule has 0 radical (unpaired) electrons. The minimum absolute atomic E-state index is 0.0810. The Morgan fingerprint density at radius 3 is 2.64 bits per heavy atom. The van der Waals surface area contributed by atoms with Crippen molar-refractivity contribution < 1.29 is 9.59 Å². The zero-order valence-electron chi connectivity index (χ0n) is 18.5. The average Bonchev–Trinajstić information content (AvgIpc) is 3.26. The van der Waals surface area contributed by atoms with Crippen molar-refractivity contribution in [3.63, 3.8) is 0 Å². The molecule has 1 aliphatic heterocycles. The summed E-state index contributed by atoms with van der Waals surface area (Å²) in [6.07, 6.45) is 3.43. The molecule has 4 rings (SSSR count). The summed E-state index contributed by atoms with van der Waals surface area (Å²) >= 11 is 7.43. The van der Waals surface area contributed by atoms with Crippen molar-refractivity contribution in [2.45, 2.75) is 25.8 Å². The number of aromatic nitrogens is 1. The molecular weight excluding hydrogens is 458 g/mol. The SMILES string of the molecule is Cc1cccc(Cl)c1NC(=O)c1cnc(Nc2cccc(C(=O)NC3CCN(C)CC3)c2)s1. The molecule has 2 heterocycles. The lowest BCUT2D eigenvalue weighted by Crippen LogP contribution is -2.43. The first-order valence-electron chi connectivity index (χ1n) is 10.8. The quantitative estimate of drug-likeness (QED) is 0.463. The standard InChI is InChI=1S/C24H26ClN5O2S/c1-15-5-3-8-19(25)21(15)29-23(32)20-14-26-24(33-20)28-18-7-4-6-16(13-18)22(31)27-17-9-11-30(2)12-10-17/h3-8,13-14,17H,9-12H2,1-2H3,(H,26,28)(H,27,31)(H,29,32). The molecule has 0 unspecified atom stereocenters. The number of carbonyl (C=O) groups excluding carboxylic acids is 2. The summed E-state index contributed by atoms with van der Waals surface area (Å²) in [6, 6.07) is 12.9. The molecule has 1 aliphatic rings. The highest BCUT2D eigenvalue weighted by molar-refractivity contribution is 7.17. The minimum Gasteiger partial charge on any atom is -0.349 e. The van der Waals surface area contributed by atoms with E-state index < -0.39 is 0 Å². The van der Waals surface area contributed by atoms with Crippen molar-refractivity contribution in [2.75, 3.05) is 30.8 Å². The Hall–Kier alpha value is -2.94. The molecule has 1 aromatic heterocycles. The number of amides is 2. The molecule has 0 spiro atoms. The third-order valence-electron chi connectivity index (χ3n) is 5.62. The van der Waals surface area contributed by atoms with Gasteiger partial charge in [-0.2, -0.15) is 0 Å². The summed E-state index contributed by atoms with van der Waals surface area (Å²) in [5.74, 6) is -0.356. The van der Waals surface area contributed by atoms with E-state index in [-0.39, 0.29) is 17.9 Å². The number of hydrogen-bond donors (Lipinski definition) is 3. The van der Waals surface area contributed by atoms with E-state index in [1.165, 1.54) is 17.5 Å². The molecule has 3 N–H and O–H groups in total. The first kappa shape index (κ1) is 23.2. The number of rotatable bonds is 6. The molecule has 2 aromatic carbocycles. The fourth-order valence-corrected chi connectivity index (χ4v) is 4.69. The van der Waals surface area contributed by atoms with Crippen LogP contribution in [0.2, 0.25) is 5.02 Å². The lowest BCUT2D eigenvalue weighted by atomic mass is 10.0. The summed E-state index contributed by atoms with van der Waals surface area (Å²) < 4.78 is 0. The van der Waals surface area contributed by atoms with Crippen LogP contribution in [0, 0.1) is 6.92 Å². The van der Waals surface area contributed by atoms with Crippen molar-refractivity contribution in [3.05, 3.63) is 69.7 Å². The first-order chi connectivity index (χ1) is 15.9. The number of halogens is 1. The highest BCUT2D eigenvalue weighted by Gasteiger charge is 2.19. The van der Waals surface area contributed by atoms with Crippen LogP contribution in [0.3, 0.4) is 0 Å². The van der Waals surface area contributed by atoms with Gasteiger partial charge in [-0.05, 0) is 69.7 Å². The molecular formula is C24H26ClN5O2S. The number of likely N-dealkylation sites (tertiary alicyclic amines) is 1. The van der Waals surface area contributed by atoms with E-state index in [1.807, 2.05) is 31.2 Å². The fourth-order valence-electron chi connectivity index (χ4n) is 3.69. The van der Waals surface area contributed by atoms with Gasteiger partial charge in [-0.1, -0.05) is 41.1 Å². The number of carbonyl (C=O) groups is 2. The Labute approximate surface area is 202 Å². The van der Waals surface area contributed by atoms with Crippen LogP contribution in [-0.2, 0) is 0 Å². The van der Waals surface area contributed by atoms with Gasteiger partial charge in [0.25, 0.3) is 11.8 Å². The molecule has 1 fully saturated rings. The number of piperidine rings is 1. The number of benzene rings is 2. The first-order valence-corrected chi connectivity index (χ1v) is 12.0. The van der Waals surface area contributed by atoms with Gasteiger partial charge in [0, 0.05) is 17.3 Å². The molecule has 0 bridgehead atoms. The van der Waals surface area contributed by atoms with Gasteiger partial charge in [-0.3, -0.25) is 9.59 Å². The Balaban J connectivity index is 1.39. The van der Waals surface area contributed by atoms with Crippen LogP contribution >= 0.6 is 22.9 Å². The molecule has 2 amide bonds. The highest BCUT2D eigenvalue weighted by atomic mass is 35.5. The van der Waals surface area contributed by atoms with Gasteiger partial charge >= 0.3 is 0 Å². The van der Waals surface area contributed by atoms with Crippen molar-refractivity contribution >= 4 is 51.3 Å². The van der Waals surface area contributed by atoms with Gasteiger partial charge in [0.2, 0.25) is 0 Å². The van der Waals surface area contributed by atoms with Crippen LogP contribution in [0.25, 0.3) is 0 Å². The van der Waals surface area contributed by atoms with Crippen molar-refractivity contribution in [3.8, 4) is 0 Å². The number of hydrogen-bond acceptors (Lipinski definition) is 6. The Bertz CT molecular complexity index is 1140. The lowest BCUT2D eigenvalue weighted by Gasteiger charge is -2.29. The van der Waals surface area contributed by atoms with Crippen LogP contribution in [0.15, 0.2) is 48.7 Å². The Kier molecular flexibility index (Phi) is 7.27. The summed E-state index contributed by atoms with van der Waals surface area (Å²) in [5.41, 5.74) is 2.79. The third kappa shape index (κ3) is 5.90. The van der Waals surface area contributed by atoms with Gasteiger partial charge in [0.05, 0.1) is 16.9 Å². The van der Waals surface area contributed by atoms with E-state index in [0.717, 1.165) is 37.2 Å². The van der Waals surface area contributed by atoms with Crippen LogP contribution in [0.5, 0.6) is 0 Å². The lowest BCUT2D eigenvalue weighted by molar-refractivity contribution is 0.0916. The van der Waals surface area contributed by atoms with Gasteiger partial charge in [-0.25, -0.2) is 4.98 Å². The summed E-state index contributed by atoms with van der Waals surface area (Å²) in [5, 5.41) is 10.2. The molecule has 3 aromatic rings. The maximum atomic E-state index is 12.7. The fraction of sp³-hybridized carbons (Fsp3) is 0.292. The molecule has 0 saturated carbocycles. The monoisotopic (exact) mass is 483 g/mol. The number of nitrogens with zero attached hydrogens (tertiary/aromatic N) is 2. The van der Waals surface area contributed by atoms with Crippen molar-refractivity contribution in [2.24, 2.45) is 0 Å². The molecule has 0 aliphatic carbocycles. The summed E-state index contributed by atoms with van der Waals surface area (Å²) in [7, 11) is 2.10. The second-order valence-electron chi connectivity index (χ2n) is 8.17. The van der Waals surface area contributed by atoms with E-state index >= 15 is 0 Å². The third-order valence-corrected chi connectivity index (χ3v) is 6.85. The zero-order chi connectivity index (χ0) is 23.4. The Morgan fingerprint density at radius 1 is 1.12 bits per heavy atom. The van der Waals surface area contributed by atoms with E-state index in [2.05, 4.69) is 32.9 Å². The van der Waals surface area contributed by atoms with Crippen LogP contribution in [0.4, 0.5) is 16.5 Å². The zero-order valence-corrected chi connectivity index (χ0v) is 20.1. The van der Waals surface area contributed by atoms with Gasteiger partial charge in [0.15, 0.2) is 5.13 Å². The normalized spacial score (nSPS) is 14.6. The molecule has 0 atom stereocenters. The Morgan fingerprint density at radius 2 is 1.88 bits per heavy atom. The van der Waals surface area contributed by atoms with Gasteiger partial charge in [-0.15, -0.1) is 0 Å². The largest absolute Gasteiger partial charge is 0.349 e. The molecule has 7 nitrogen and oxygen atoms in total. The van der Waals surface area contributed by atoms with E-state index in [0.29, 0.717) is 26.3 Å². The predicted molar refractivity (Wildman–Crippen MR) is 134 cm³/mol. The number of thiazole rings is 1. The molecule has 33 heavy (non-hydrogen) atoms. The maximum absolute atomic E-state index is 12.7. The average molecular weight is 484 g/mol.